The zero-order valence-electron chi connectivity index (χ0n) is 24.2. The van der Waals surface area contributed by atoms with Crippen LogP contribution >= 0.6 is 0 Å². The fraction of sp³-hybridized carbons (Fsp3) is 0.128. The molecule has 1 amide bonds. The largest absolute Gasteiger partial charge is 0.489 e. The molecule has 1 aliphatic heterocycles. The van der Waals surface area contributed by atoms with E-state index in [1.165, 1.54) is 0 Å². The molecule has 0 fully saturated rings. The molecule has 44 heavy (non-hydrogen) atoms. The number of carbonyl (C=O) groups is 2. The van der Waals surface area contributed by atoms with Crippen molar-refractivity contribution < 1.29 is 14.3 Å². The third-order valence-corrected chi connectivity index (χ3v) is 8.46. The Kier molecular flexibility index (Phi) is 7.51. The Morgan fingerprint density at radius 1 is 0.750 bits per heavy atom. The molecule has 1 N–H and O–H groups in total. The number of ether oxygens (including phenoxy) is 1. The highest BCUT2D eigenvalue weighted by molar-refractivity contribution is 6.09. The van der Waals surface area contributed by atoms with Crippen molar-refractivity contribution in [2.24, 2.45) is 5.92 Å². The molecule has 216 valence electrons. The van der Waals surface area contributed by atoms with Crippen LogP contribution in [0.1, 0.15) is 45.4 Å². The highest BCUT2D eigenvalue weighted by Gasteiger charge is 2.45. The van der Waals surface area contributed by atoms with Gasteiger partial charge in [0.25, 0.3) is 5.91 Å². The summed E-state index contributed by atoms with van der Waals surface area (Å²) >= 11 is 0. The highest BCUT2D eigenvalue weighted by Crippen LogP contribution is 2.49. The van der Waals surface area contributed by atoms with Crippen LogP contribution in [-0.4, -0.2) is 11.7 Å². The van der Waals surface area contributed by atoms with Crippen LogP contribution in [0.5, 0.6) is 5.75 Å². The van der Waals surface area contributed by atoms with Gasteiger partial charge in [0.2, 0.25) is 0 Å². The minimum Gasteiger partial charge on any atom is -0.489 e. The first kappa shape index (κ1) is 27.4. The van der Waals surface area contributed by atoms with Crippen molar-refractivity contribution in [1.29, 1.82) is 0 Å². The van der Waals surface area contributed by atoms with Gasteiger partial charge in [0.15, 0.2) is 0 Å². The number of anilines is 2. The van der Waals surface area contributed by atoms with E-state index in [-0.39, 0.29) is 17.6 Å². The van der Waals surface area contributed by atoms with Gasteiger partial charge in [-0.15, -0.1) is 0 Å². The zero-order chi connectivity index (χ0) is 29.9. The lowest BCUT2D eigenvalue weighted by molar-refractivity contribution is -0.123. The number of allylic oxidation sites excluding steroid dienone is 1. The molecular formula is C39H32N2O3. The van der Waals surface area contributed by atoms with E-state index in [1.807, 2.05) is 144 Å². The maximum atomic E-state index is 14.4. The molecule has 3 atom stereocenters. The first-order valence-corrected chi connectivity index (χ1v) is 15.0. The van der Waals surface area contributed by atoms with Crippen molar-refractivity contribution in [3.63, 3.8) is 0 Å². The molecular weight excluding hydrogens is 544 g/mol. The second kappa shape index (κ2) is 12.1. The van der Waals surface area contributed by atoms with E-state index in [9.17, 15) is 9.59 Å². The van der Waals surface area contributed by atoms with Gasteiger partial charge in [-0.05, 0) is 41.5 Å². The number of fused-ring (bicyclic) bond motifs is 2. The van der Waals surface area contributed by atoms with Gasteiger partial charge in [-0.25, -0.2) is 0 Å². The topological polar surface area (TPSA) is 58.6 Å². The number of nitrogens with one attached hydrogen (secondary N) is 1. The Hall–Kier alpha value is -5.42. The number of hydrogen-bond acceptors (Lipinski definition) is 4. The maximum absolute atomic E-state index is 14.4. The van der Waals surface area contributed by atoms with Crippen LogP contribution in [0.2, 0.25) is 0 Å². The molecule has 5 aromatic carbocycles. The molecule has 5 aromatic rings. The summed E-state index contributed by atoms with van der Waals surface area (Å²) in [5.74, 6) is -0.0758. The molecule has 5 nitrogen and oxygen atoms in total. The van der Waals surface area contributed by atoms with Gasteiger partial charge in [0.05, 0.1) is 23.3 Å². The average Bonchev–Trinajstić information content (AvgIpc) is 3.23. The molecule has 0 saturated heterocycles. The number of ketones is 1. The molecule has 0 aromatic heterocycles. The quantitative estimate of drug-likeness (QED) is 0.221. The summed E-state index contributed by atoms with van der Waals surface area (Å²) in [6, 6.07) is 44.5. The van der Waals surface area contributed by atoms with Gasteiger partial charge in [-0.3, -0.25) is 14.5 Å². The smallest absolute Gasteiger partial charge is 0.258 e. The SMILES string of the molecule is O=C1C[C@H](c2ccccc2OCc2ccccc2)C=C2Nc3ccccc3N(C(=O)c3ccccc3)[C@@H](c3ccccc3)[C@H]12. The van der Waals surface area contributed by atoms with Crippen LogP contribution in [0.25, 0.3) is 0 Å². The minimum atomic E-state index is -0.578. The first-order valence-electron chi connectivity index (χ1n) is 15.0. The number of carbonyl (C=O) groups excluding carboxylic acids is 2. The number of amides is 1. The van der Waals surface area contributed by atoms with E-state index in [0.717, 1.165) is 39.5 Å². The average molecular weight is 577 g/mol. The van der Waals surface area contributed by atoms with E-state index in [2.05, 4.69) is 11.4 Å². The van der Waals surface area contributed by atoms with Crippen LogP contribution in [0.3, 0.4) is 0 Å². The van der Waals surface area contributed by atoms with E-state index < -0.39 is 12.0 Å². The summed E-state index contributed by atoms with van der Waals surface area (Å²) in [6.45, 7) is 0.440. The highest BCUT2D eigenvalue weighted by atomic mass is 16.5. The molecule has 0 spiro atoms. The predicted molar refractivity (Wildman–Crippen MR) is 174 cm³/mol. The molecule has 5 heteroatoms. The second-order valence-corrected chi connectivity index (χ2v) is 11.2. The van der Waals surface area contributed by atoms with Gasteiger partial charge >= 0.3 is 0 Å². The van der Waals surface area contributed by atoms with E-state index in [1.54, 1.807) is 0 Å². The third-order valence-electron chi connectivity index (χ3n) is 8.46. The van der Waals surface area contributed by atoms with Crippen molar-refractivity contribution >= 4 is 23.1 Å². The summed E-state index contributed by atoms with van der Waals surface area (Å²) in [6.07, 6.45) is 2.47. The van der Waals surface area contributed by atoms with Gasteiger partial charge in [0.1, 0.15) is 18.1 Å². The lowest BCUT2D eigenvalue weighted by atomic mass is 9.76. The van der Waals surface area contributed by atoms with E-state index >= 15 is 0 Å². The number of benzene rings is 5. The number of hydrogen-bond donors (Lipinski definition) is 1. The van der Waals surface area contributed by atoms with Gasteiger partial charge in [-0.2, -0.15) is 0 Å². The van der Waals surface area contributed by atoms with Crippen molar-refractivity contribution in [1.82, 2.24) is 0 Å². The van der Waals surface area contributed by atoms with Crippen molar-refractivity contribution in [3.05, 3.63) is 174 Å². The predicted octanol–water partition coefficient (Wildman–Crippen LogP) is 8.34. The third kappa shape index (κ3) is 5.29. The fourth-order valence-electron chi connectivity index (χ4n) is 6.41. The summed E-state index contributed by atoms with van der Waals surface area (Å²) in [4.78, 5) is 30.6. The van der Waals surface area contributed by atoms with E-state index in [0.29, 0.717) is 18.6 Å². The standard InChI is InChI=1S/C39H32N2O3/c42-35-25-30(31-20-10-13-23-36(31)44-26-27-14-4-1-5-15-27)24-33-37(35)38(28-16-6-2-7-17-28)41(34-22-12-11-21-32(34)40-33)39(43)29-18-8-3-9-19-29/h1-24,30,37-38,40H,25-26H2/t30-,37+,38+/m1/s1. The summed E-state index contributed by atoms with van der Waals surface area (Å²) in [5.41, 5.74) is 5.85. The Bertz CT molecular complexity index is 1820. The number of para-hydroxylation sites is 3. The lowest BCUT2D eigenvalue weighted by Gasteiger charge is -2.37. The Morgan fingerprint density at radius 2 is 1.39 bits per heavy atom. The first-order chi connectivity index (χ1) is 21.7. The number of nitrogens with zero attached hydrogens (tertiary/aromatic N) is 1. The Labute approximate surface area is 257 Å². The maximum Gasteiger partial charge on any atom is 0.258 e. The summed E-state index contributed by atoms with van der Waals surface area (Å²) in [5, 5.41) is 3.61. The zero-order valence-corrected chi connectivity index (χ0v) is 24.2. The molecule has 7 rings (SSSR count). The fourth-order valence-corrected chi connectivity index (χ4v) is 6.41. The summed E-state index contributed by atoms with van der Waals surface area (Å²) < 4.78 is 6.30. The van der Waals surface area contributed by atoms with Crippen LogP contribution in [0.4, 0.5) is 11.4 Å². The normalized spacial score (nSPS) is 19.1. The monoisotopic (exact) mass is 576 g/mol. The van der Waals surface area contributed by atoms with Crippen molar-refractivity contribution in [2.45, 2.75) is 25.0 Å². The van der Waals surface area contributed by atoms with Crippen LogP contribution < -0.4 is 15.0 Å². The van der Waals surface area contributed by atoms with Crippen molar-refractivity contribution in [2.75, 3.05) is 10.2 Å². The molecule has 0 bridgehead atoms. The van der Waals surface area contributed by atoms with Gasteiger partial charge < -0.3 is 10.1 Å². The molecule has 2 aliphatic rings. The molecule has 0 unspecified atom stereocenters. The van der Waals surface area contributed by atoms with Crippen LogP contribution in [-0.2, 0) is 11.4 Å². The van der Waals surface area contributed by atoms with Crippen molar-refractivity contribution in [3.8, 4) is 5.75 Å². The lowest BCUT2D eigenvalue weighted by Crippen LogP contribution is -2.42. The Morgan fingerprint density at radius 3 is 2.16 bits per heavy atom. The second-order valence-electron chi connectivity index (χ2n) is 11.2. The molecule has 1 aliphatic carbocycles. The molecule has 0 radical (unpaired) electrons. The molecule has 0 saturated carbocycles. The Balaban J connectivity index is 1.33. The number of rotatable bonds is 6. The van der Waals surface area contributed by atoms with Gasteiger partial charge in [0, 0.05) is 29.2 Å². The van der Waals surface area contributed by atoms with Crippen LogP contribution in [0.15, 0.2) is 151 Å². The number of Topliss-reactive ketones (excluding diaryl/α,β-unsaturated/α-hetero) is 1. The van der Waals surface area contributed by atoms with Crippen LogP contribution in [0, 0.1) is 5.92 Å². The van der Waals surface area contributed by atoms with Gasteiger partial charge in [-0.1, -0.05) is 115 Å². The minimum absolute atomic E-state index is 0.0744. The van der Waals surface area contributed by atoms with E-state index in [4.69, 9.17) is 4.74 Å². The molecule has 1 heterocycles. The summed E-state index contributed by atoms with van der Waals surface area (Å²) in [7, 11) is 0.